The first kappa shape index (κ1) is 22.3. The van der Waals surface area contributed by atoms with Gasteiger partial charge in [-0.05, 0) is 49.7 Å². The van der Waals surface area contributed by atoms with Crippen molar-refractivity contribution in [3.05, 3.63) is 90.0 Å². The van der Waals surface area contributed by atoms with E-state index in [0.717, 1.165) is 16.9 Å². The van der Waals surface area contributed by atoms with Gasteiger partial charge in [0.25, 0.3) is 5.56 Å². The monoisotopic (exact) mass is 490 g/mol. The van der Waals surface area contributed by atoms with E-state index in [-0.39, 0.29) is 21.5 Å². The summed E-state index contributed by atoms with van der Waals surface area (Å²) in [5.74, 6) is -2.08. The molecule has 0 unspecified atom stereocenters. The Balaban J connectivity index is 1.84. The summed E-state index contributed by atoms with van der Waals surface area (Å²) < 4.78 is 14.9. The van der Waals surface area contributed by atoms with Crippen molar-refractivity contribution in [2.45, 2.75) is 23.5 Å². The topological polar surface area (TPSA) is 92.2 Å². The van der Waals surface area contributed by atoms with Gasteiger partial charge in [0.05, 0.1) is 16.6 Å². The number of H-pyrrole nitrogens is 1. The summed E-state index contributed by atoms with van der Waals surface area (Å²) in [5.41, 5.74) is -0.953. The molecule has 0 saturated heterocycles. The van der Waals surface area contributed by atoms with Crippen molar-refractivity contribution in [2.24, 2.45) is 0 Å². The third-order valence-corrected chi connectivity index (χ3v) is 7.34. The number of benzene rings is 2. The highest BCUT2D eigenvalue weighted by Gasteiger charge is 2.24. The van der Waals surface area contributed by atoms with Gasteiger partial charge in [0.15, 0.2) is 0 Å². The standard InChI is InChI=1S/C22H16ClFN2O4S2/c1-22(2,11-4-3-5-12(23)8-11)32-13-6-7-14(24)16(9-13)26-19(27)17-15(25-21(26)30)10-31-18(17)20(28)29/h3-10H,1-2H3,(H,25,30)(H,28,29). The highest BCUT2D eigenvalue weighted by atomic mass is 35.5. The molecule has 4 aromatic rings. The highest BCUT2D eigenvalue weighted by Crippen LogP contribution is 2.42. The zero-order valence-corrected chi connectivity index (χ0v) is 19.2. The minimum atomic E-state index is -1.30. The number of thioether (sulfide) groups is 1. The maximum Gasteiger partial charge on any atom is 0.346 e. The molecular weight excluding hydrogens is 475 g/mol. The first-order valence-corrected chi connectivity index (χ1v) is 11.4. The van der Waals surface area contributed by atoms with Gasteiger partial charge in [-0.15, -0.1) is 23.1 Å². The molecule has 2 aromatic heterocycles. The zero-order chi connectivity index (χ0) is 23.2. The molecule has 0 amide bonds. The Kier molecular flexibility index (Phi) is 5.74. The molecule has 0 atom stereocenters. The second-order valence-electron chi connectivity index (χ2n) is 7.47. The van der Waals surface area contributed by atoms with Gasteiger partial charge in [0.1, 0.15) is 10.7 Å². The molecule has 2 N–H and O–H groups in total. The summed E-state index contributed by atoms with van der Waals surface area (Å²) >= 11 is 8.34. The van der Waals surface area contributed by atoms with Crippen LogP contribution in [0.15, 0.2) is 62.3 Å². The average Bonchev–Trinajstić information content (AvgIpc) is 3.14. The quantitative estimate of drug-likeness (QED) is 0.372. The normalized spacial score (nSPS) is 11.8. The first-order chi connectivity index (χ1) is 15.1. The Morgan fingerprint density at radius 2 is 1.97 bits per heavy atom. The summed E-state index contributed by atoms with van der Waals surface area (Å²) in [6.07, 6.45) is 0. The van der Waals surface area contributed by atoms with Crippen LogP contribution in [0.4, 0.5) is 4.39 Å². The number of carbonyl (C=O) groups is 1. The number of thiophene rings is 1. The lowest BCUT2D eigenvalue weighted by atomic mass is 10.0. The van der Waals surface area contributed by atoms with Gasteiger partial charge < -0.3 is 10.1 Å². The summed E-state index contributed by atoms with van der Waals surface area (Å²) in [7, 11) is 0. The Morgan fingerprint density at radius 1 is 1.22 bits per heavy atom. The smallest absolute Gasteiger partial charge is 0.346 e. The van der Waals surface area contributed by atoms with Crippen molar-refractivity contribution in [1.29, 1.82) is 0 Å². The van der Waals surface area contributed by atoms with Crippen LogP contribution in [0.1, 0.15) is 29.1 Å². The van der Waals surface area contributed by atoms with Crippen LogP contribution in [0, 0.1) is 5.82 Å². The van der Waals surface area contributed by atoms with E-state index >= 15 is 0 Å². The lowest BCUT2D eigenvalue weighted by Gasteiger charge is -2.25. The van der Waals surface area contributed by atoms with Crippen molar-refractivity contribution in [3.8, 4) is 5.69 Å². The number of carboxylic acid groups (broad SMARTS) is 1. The maximum atomic E-state index is 14.8. The highest BCUT2D eigenvalue weighted by molar-refractivity contribution is 8.00. The molecule has 4 rings (SSSR count). The number of nitrogens with one attached hydrogen (secondary N) is 1. The molecule has 0 radical (unpaired) electrons. The third-order valence-electron chi connectivity index (χ3n) is 4.90. The van der Waals surface area contributed by atoms with Crippen molar-refractivity contribution >= 4 is 51.6 Å². The molecule has 0 saturated carbocycles. The molecule has 6 nitrogen and oxygen atoms in total. The van der Waals surface area contributed by atoms with E-state index in [4.69, 9.17) is 11.6 Å². The molecule has 0 bridgehead atoms. The lowest BCUT2D eigenvalue weighted by molar-refractivity contribution is 0.0704. The number of nitrogens with zero attached hydrogens (tertiary/aromatic N) is 1. The molecule has 0 aliphatic rings. The lowest BCUT2D eigenvalue weighted by Crippen LogP contribution is -2.34. The minimum Gasteiger partial charge on any atom is -0.477 e. The van der Waals surface area contributed by atoms with Crippen LogP contribution in [-0.4, -0.2) is 20.6 Å². The van der Waals surface area contributed by atoms with Gasteiger partial charge in [0.2, 0.25) is 0 Å². The third kappa shape index (κ3) is 3.99. The molecular formula is C22H16ClFN2O4S2. The van der Waals surface area contributed by atoms with Crippen molar-refractivity contribution < 1.29 is 14.3 Å². The zero-order valence-electron chi connectivity index (χ0n) is 16.8. The number of hydrogen-bond acceptors (Lipinski definition) is 5. The fourth-order valence-electron chi connectivity index (χ4n) is 3.36. The summed E-state index contributed by atoms with van der Waals surface area (Å²) in [4.78, 5) is 40.0. The Bertz CT molecular complexity index is 1490. The van der Waals surface area contributed by atoms with Crippen LogP contribution < -0.4 is 11.2 Å². The molecule has 0 aliphatic carbocycles. The molecule has 2 heterocycles. The van der Waals surface area contributed by atoms with E-state index in [9.17, 15) is 23.9 Å². The number of halogens is 2. The predicted octanol–water partition coefficient (Wildman–Crippen LogP) is 5.26. The first-order valence-electron chi connectivity index (χ1n) is 9.33. The Labute approximate surface area is 194 Å². The fraction of sp³-hybridized carbons (Fsp3) is 0.136. The molecule has 164 valence electrons. The van der Waals surface area contributed by atoms with Gasteiger partial charge in [-0.3, -0.25) is 4.79 Å². The van der Waals surface area contributed by atoms with Gasteiger partial charge in [-0.25, -0.2) is 18.5 Å². The van der Waals surface area contributed by atoms with Crippen LogP contribution in [-0.2, 0) is 4.75 Å². The van der Waals surface area contributed by atoms with Crippen molar-refractivity contribution in [2.75, 3.05) is 0 Å². The van der Waals surface area contributed by atoms with Crippen LogP contribution in [0.5, 0.6) is 0 Å². The summed E-state index contributed by atoms with van der Waals surface area (Å²) in [6, 6.07) is 11.5. The second-order valence-corrected chi connectivity index (χ2v) is 10.5. The van der Waals surface area contributed by atoms with Gasteiger partial charge in [-0.2, -0.15) is 0 Å². The molecule has 32 heavy (non-hydrogen) atoms. The Hall–Kier alpha value is -2.88. The van der Waals surface area contributed by atoms with Crippen LogP contribution >= 0.6 is 34.7 Å². The summed E-state index contributed by atoms with van der Waals surface area (Å²) in [5, 5.41) is 11.2. The number of aromatic carboxylic acids is 1. The largest absolute Gasteiger partial charge is 0.477 e. The van der Waals surface area contributed by atoms with E-state index in [1.807, 2.05) is 32.0 Å². The predicted molar refractivity (Wildman–Crippen MR) is 125 cm³/mol. The minimum absolute atomic E-state index is 0.103. The summed E-state index contributed by atoms with van der Waals surface area (Å²) in [6.45, 7) is 3.95. The van der Waals surface area contributed by atoms with Gasteiger partial charge >= 0.3 is 11.7 Å². The van der Waals surface area contributed by atoms with Crippen LogP contribution in [0.3, 0.4) is 0 Å². The van der Waals surface area contributed by atoms with E-state index in [2.05, 4.69) is 4.98 Å². The number of fused-ring (bicyclic) bond motifs is 1. The van der Waals surface area contributed by atoms with Crippen molar-refractivity contribution in [3.63, 3.8) is 0 Å². The van der Waals surface area contributed by atoms with E-state index in [0.29, 0.717) is 14.5 Å². The Morgan fingerprint density at radius 3 is 2.66 bits per heavy atom. The SMILES string of the molecule is CC(C)(Sc1ccc(F)c(-n2c(=O)[nH]c3csc(C(=O)O)c3c2=O)c1)c1cccc(Cl)c1. The van der Waals surface area contributed by atoms with E-state index < -0.39 is 27.8 Å². The average molecular weight is 491 g/mol. The number of aromatic nitrogens is 2. The number of carboxylic acids is 1. The molecule has 0 spiro atoms. The number of rotatable bonds is 5. The molecule has 2 aromatic carbocycles. The van der Waals surface area contributed by atoms with Gasteiger partial charge in [-0.1, -0.05) is 23.7 Å². The van der Waals surface area contributed by atoms with Crippen LogP contribution in [0.25, 0.3) is 16.6 Å². The maximum absolute atomic E-state index is 14.8. The molecule has 0 fully saturated rings. The van der Waals surface area contributed by atoms with Crippen LogP contribution in [0.2, 0.25) is 5.02 Å². The number of aromatic amines is 1. The molecule has 10 heteroatoms. The second kappa shape index (κ2) is 8.23. The number of hydrogen-bond donors (Lipinski definition) is 2. The van der Waals surface area contributed by atoms with E-state index in [1.165, 1.54) is 29.3 Å². The van der Waals surface area contributed by atoms with Crippen molar-refractivity contribution in [1.82, 2.24) is 9.55 Å². The fourth-order valence-corrected chi connectivity index (χ4v) is 5.52. The van der Waals surface area contributed by atoms with E-state index in [1.54, 1.807) is 12.1 Å². The van der Waals surface area contributed by atoms with Gasteiger partial charge in [0, 0.05) is 20.0 Å². The molecule has 0 aliphatic heterocycles.